The lowest BCUT2D eigenvalue weighted by Crippen LogP contribution is -1.94. The Hall–Kier alpha value is -0.980. The highest BCUT2D eigenvalue weighted by molar-refractivity contribution is 5.41. The van der Waals surface area contributed by atoms with Crippen LogP contribution < -0.4 is 4.74 Å². The first-order valence-corrected chi connectivity index (χ1v) is 4.66. The van der Waals surface area contributed by atoms with Crippen molar-refractivity contribution in [2.75, 3.05) is 7.11 Å². The molecule has 71 valence electrons. The van der Waals surface area contributed by atoms with Gasteiger partial charge in [-0.2, -0.15) is 0 Å². The molecular weight excluding hydrogens is 160 g/mol. The molecule has 13 heavy (non-hydrogen) atoms. The number of rotatable bonds is 3. The van der Waals surface area contributed by atoms with Crippen LogP contribution in [0, 0.1) is 5.92 Å². The largest absolute Gasteiger partial charge is 0.496 e. The van der Waals surface area contributed by atoms with Crippen LogP contribution in [-0.2, 0) is 6.42 Å². The smallest absolute Gasteiger partial charge is 0.122 e. The van der Waals surface area contributed by atoms with E-state index in [1.165, 1.54) is 17.0 Å². The van der Waals surface area contributed by atoms with E-state index >= 15 is 0 Å². The van der Waals surface area contributed by atoms with Crippen molar-refractivity contribution >= 4 is 0 Å². The average Bonchev–Trinajstić information content (AvgIpc) is 2.16. The summed E-state index contributed by atoms with van der Waals surface area (Å²) in [6, 6.07) is 6.35. The Morgan fingerprint density at radius 2 is 2.00 bits per heavy atom. The van der Waals surface area contributed by atoms with Crippen molar-refractivity contribution in [2.24, 2.45) is 0 Å². The molecule has 0 spiro atoms. The van der Waals surface area contributed by atoms with E-state index in [1.807, 2.05) is 6.07 Å². The lowest BCUT2D eigenvalue weighted by atomic mass is 9.99. The predicted molar refractivity (Wildman–Crippen MR) is 56.1 cm³/mol. The molecule has 0 bridgehead atoms. The summed E-state index contributed by atoms with van der Waals surface area (Å²) in [5, 5.41) is 0. The molecule has 0 atom stereocenters. The Balaban J connectivity index is 3.05. The fourth-order valence-electron chi connectivity index (χ4n) is 1.37. The fraction of sp³-hybridized carbons (Fsp3) is 0.417. The van der Waals surface area contributed by atoms with Gasteiger partial charge in [0, 0.05) is 0 Å². The van der Waals surface area contributed by atoms with E-state index in [0.29, 0.717) is 0 Å². The van der Waals surface area contributed by atoms with Crippen molar-refractivity contribution in [2.45, 2.75) is 27.2 Å². The van der Waals surface area contributed by atoms with Crippen LogP contribution in [0.1, 0.15) is 31.9 Å². The van der Waals surface area contributed by atoms with Crippen LogP contribution in [0.15, 0.2) is 18.2 Å². The van der Waals surface area contributed by atoms with Crippen LogP contribution in [0.4, 0.5) is 0 Å². The van der Waals surface area contributed by atoms with Crippen LogP contribution in [0.25, 0.3) is 0 Å². The molecular formula is C12H17O. The molecule has 0 amide bonds. The van der Waals surface area contributed by atoms with E-state index < -0.39 is 0 Å². The molecule has 1 radical (unpaired) electrons. The van der Waals surface area contributed by atoms with Crippen LogP contribution in [-0.4, -0.2) is 7.11 Å². The van der Waals surface area contributed by atoms with Gasteiger partial charge in [0.15, 0.2) is 0 Å². The highest BCUT2D eigenvalue weighted by Gasteiger charge is 2.04. The number of aryl methyl sites for hydroxylation is 1. The van der Waals surface area contributed by atoms with Crippen LogP contribution in [0.5, 0.6) is 5.75 Å². The topological polar surface area (TPSA) is 9.23 Å². The number of hydrogen-bond donors (Lipinski definition) is 0. The maximum Gasteiger partial charge on any atom is 0.122 e. The lowest BCUT2D eigenvalue weighted by Gasteiger charge is -2.10. The molecule has 0 unspecified atom stereocenters. The molecule has 0 fully saturated rings. The van der Waals surface area contributed by atoms with Crippen molar-refractivity contribution < 1.29 is 4.74 Å². The van der Waals surface area contributed by atoms with Gasteiger partial charge < -0.3 is 4.74 Å². The average molecular weight is 177 g/mol. The maximum absolute atomic E-state index is 5.26. The predicted octanol–water partition coefficient (Wildman–Crippen LogP) is 3.22. The third-order valence-corrected chi connectivity index (χ3v) is 2.24. The minimum Gasteiger partial charge on any atom is -0.496 e. The standard InChI is InChI=1S/C12H17O/c1-5-10-8-11(9(2)3)6-7-12(10)13-4/h6-8H,5H2,1-4H3. The molecule has 0 aliphatic heterocycles. The first kappa shape index (κ1) is 10.1. The first-order chi connectivity index (χ1) is 6.19. The van der Waals surface area contributed by atoms with Gasteiger partial charge in [-0.05, 0) is 29.5 Å². The Kier molecular flexibility index (Phi) is 3.35. The molecule has 0 heterocycles. The lowest BCUT2D eigenvalue weighted by molar-refractivity contribution is 0.410. The van der Waals surface area contributed by atoms with Gasteiger partial charge in [-0.1, -0.05) is 32.9 Å². The van der Waals surface area contributed by atoms with E-state index in [4.69, 9.17) is 4.74 Å². The molecule has 0 saturated heterocycles. The van der Waals surface area contributed by atoms with E-state index in [-0.39, 0.29) is 0 Å². The van der Waals surface area contributed by atoms with Crippen LogP contribution in [0.3, 0.4) is 0 Å². The van der Waals surface area contributed by atoms with Gasteiger partial charge in [0.25, 0.3) is 0 Å². The minimum atomic E-state index is 0.993. The molecule has 0 N–H and O–H groups in total. The number of ether oxygens (including phenoxy) is 1. The van der Waals surface area contributed by atoms with Crippen LogP contribution in [0.2, 0.25) is 0 Å². The maximum atomic E-state index is 5.26. The fourth-order valence-corrected chi connectivity index (χ4v) is 1.37. The molecule has 1 aromatic carbocycles. The number of hydrogen-bond acceptors (Lipinski definition) is 1. The second-order valence-electron chi connectivity index (χ2n) is 3.38. The SMILES string of the molecule is CCc1cc([C](C)C)ccc1OC. The molecule has 0 aliphatic rings. The van der Waals surface area contributed by atoms with E-state index in [2.05, 4.69) is 32.9 Å². The molecule has 1 aromatic rings. The summed E-state index contributed by atoms with van der Waals surface area (Å²) in [6.07, 6.45) is 1.02. The summed E-state index contributed by atoms with van der Waals surface area (Å²) in [5.41, 5.74) is 2.58. The Bertz CT molecular complexity index is 276. The normalized spacial score (nSPS) is 10.5. The number of methoxy groups -OCH3 is 1. The third-order valence-electron chi connectivity index (χ3n) is 2.24. The van der Waals surface area contributed by atoms with E-state index in [9.17, 15) is 0 Å². The molecule has 0 saturated carbocycles. The van der Waals surface area contributed by atoms with Crippen molar-refractivity contribution in [3.8, 4) is 5.75 Å². The highest BCUT2D eigenvalue weighted by atomic mass is 16.5. The van der Waals surface area contributed by atoms with E-state index in [0.717, 1.165) is 12.2 Å². The molecule has 0 aromatic heterocycles. The monoisotopic (exact) mass is 177 g/mol. The van der Waals surface area contributed by atoms with E-state index in [1.54, 1.807) is 7.11 Å². The Morgan fingerprint density at radius 1 is 1.31 bits per heavy atom. The van der Waals surface area contributed by atoms with Crippen molar-refractivity contribution in [1.29, 1.82) is 0 Å². The van der Waals surface area contributed by atoms with Gasteiger partial charge in [-0.15, -0.1) is 0 Å². The summed E-state index contributed by atoms with van der Waals surface area (Å²) in [4.78, 5) is 0. The van der Waals surface area contributed by atoms with Crippen LogP contribution >= 0.6 is 0 Å². The molecule has 1 rings (SSSR count). The summed E-state index contributed by atoms with van der Waals surface area (Å²) in [7, 11) is 1.72. The van der Waals surface area contributed by atoms with Gasteiger partial charge in [-0.25, -0.2) is 0 Å². The zero-order valence-electron chi connectivity index (χ0n) is 8.85. The summed E-state index contributed by atoms with van der Waals surface area (Å²) >= 11 is 0. The second-order valence-corrected chi connectivity index (χ2v) is 3.38. The summed E-state index contributed by atoms with van der Waals surface area (Å²) < 4.78 is 5.26. The molecule has 0 aliphatic carbocycles. The van der Waals surface area contributed by atoms with Gasteiger partial charge in [-0.3, -0.25) is 0 Å². The Morgan fingerprint density at radius 3 is 2.46 bits per heavy atom. The van der Waals surface area contributed by atoms with Gasteiger partial charge in [0.05, 0.1) is 7.11 Å². The third kappa shape index (κ3) is 2.24. The molecule has 1 nitrogen and oxygen atoms in total. The summed E-state index contributed by atoms with van der Waals surface area (Å²) in [5.74, 6) is 2.34. The van der Waals surface area contributed by atoms with Crippen molar-refractivity contribution in [3.63, 3.8) is 0 Å². The van der Waals surface area contributed by atoms with Gasteiger partial charge in [0.1, 0.15) is 5.75 Å². The molecule has 1 heteroatoms. The zero-order valence-corrected chi connectivity index (χ0v) is 8.85. The first-order valence-electron chi connectivity index (χ1n) is 4.66. The van der Waals surface area contributed by atoms with Gasteiger partial charge >= 0.3 is 0 Å². The second kappa shape index (κ2) is 4.31. The quantitative estimate of drug-likeness (QED) is 0.688. The van der Waals surface area contributed by atoms with Crippen molar-refractivity contribution in [1.82, 2.24) is 0 Å². The summed E-state index contributed by atoms with van der Waals surface area (Å²) in [6.45, 7) is 6.40. The van der Waals surface area contributed by atoms with Crippen molar-refractivity contribution in [3.05, 3.63) is 35.2 Å². The number of benzene rings is 1. The Labute approximate surface area is 80.7 Å². The minimum absolute atomic E-state index is 0.993. The highest BCUT2D eigenvalue weighted by Crippen LogP contribution is 2.23. The van der Waals surface area contributed by atoms with Gasteiger partial charge in [0.2, 0.25) is 0 Å². The zero-order chi connectivity index (χ0) is 9.84.